The van der Waals surface area contributed by atoms with Gasteiger partial charge in [0.1, 0.15) is 5.75 Å². The fourth-order valence-corrected chi connectivity index (χ4v) is 3.25. The Bertz CT molecular complexity index is 709. The van der Waals surface area contributed by atoms with Crippen molar-refractivity contribution in [1.29, 1.82) is 0 Å². The van der Waals surface area contributed by atoms with Gasteiger partial charge in [-0.3, -0.25) is 4.79 Å². The van der Waals surface area contributed by atoms with Crippen LogP contribution < -0.4 is 10.1 Å². The van der Waals surface area contributed by atoms with Gasteiger partial charge < -0.3 is 10.1 Å². The molecule has 3 heteroatoms. The molecule has 23 heavy (non-hydrogen) atoms. The Balaban J connectivity index is 1.76. The molecule has 1 N–H and O–H groups in total. The summed E-state index contributed by atoms with van der Waals surface area (Å²) in [4.78, 5) is 12.6. The molecule has 1 amide bonds. The van der Waals surface area contributed by atoms with Crippen molar-refractivity contribution >= 4 is 5.91 Å². The van der Waals surface area contributed by atoms with E-state index < -0.39 is 0 Å². The average Bonchev–Trinajstić information content (AvgIpc) is 2.57. The van der Waals surface area contributed by atoms with Crippen LogP contribution in [0.4, 0.5) is 0 Å². The van der Waals surface area contributed by atoms with Crippen molar-refractivity contribution in [3.8, 4) is 5.75 Å². The summed E-state index contributed by atoms with van der Waals surface area (Å²) in [5, 5.41) is 3.19. The average molecular weight is 309 g/mol. The molecule has 0 saturated heterocycles. The number of amides is 1. The van der Waals surface area contributed by atoms with Crippen LogP contribution >= 0.6 is 0 Å². The maximum Gasteiger partial charge on any atom is 0.251 e. The number of carbonyl (C=O) groups is 1. The van der Waals surface area contributed by atoms with Gasteiger partial charge in [-0.2, -0.15) is 0 Å². The van der Waals surface area contributed by atoms with Gasteiger partial charge in [0.25, 0.3) is 5.91 Å². The van der Waals surface area contributed by atoms with Crippen molar-refractivity contribution < 1.29 is 9.53 Å². The van der Waals surface area contributed by atoms with Gasteiger partial charge in [-0.25, -0.2) is 0 Å². The van der Waals surface area contributed by atoms with Crippen LogP contribution in [0.15, 0.2) is 42.5 Å². The highest BCUT2D eigenvalue weighted by atomic mass is 16.5. The van der Waals surface area contributed by atoms with Gasteiger partial charge >= 0.3 is 0 Å². The number of rotatable bonds is 4. The molecule has 1 aliphatic carbocycles. The van der Waals surface area contributed by atoms with Crippen molar-refractivity contribution in [2.45, 2.75) is 39.2 Å². The maximum absolute atomic E-state index is 12.6. The minimum absolute atomic E-state index is 0.0159. The zero-order valence-corrected chi connectivity index (χ0v) is 13.8. The van der Waals surface area contributed by atoms with E-state index >= 15 is 0 Å². The third-order valence-corrected chi connectivity index (χ3v) is 4.41. The Morgan fingerprint density at radius 1 is 1.26 bits per heavy atom. The van der Waals surface area contributed by atoms with Crippen LogP contribution in [0.25, 0.3) is 0 Å². The standard InChI is InChI=1S/C20H23NO2/c1-3-23-19-12-11-16(13-14(19)2)20(22)21-18-10-6-8-15-7-4-5-9-17(15)18/h4-5,7,9,11-13,18H,3,6,8,10H2,1-2H3,(H,21,22). The Labute approximate surface area is 137 Å². The Kier molecular flexibility index (Phi) is 4.65. The monoisotopic (exact) mass is 309 g/mol. The van der Waals surface area contributed by atoms with Crippen molar-refractivity contribution in [2.75, 3.05) is 6.61 Å². The first-order valence-corrected chi connectivity index (χ1v) is 8.31. The van der Waals surface area contributed by atoms with Crippen molar-refractivity contribution in [3.63, 3.8) is 0 Å². The van der Waals surface area contributed by atoms with Gasteiger partial charge in [-0.1, -0.05) is 24.3 Å². The van der Waals surface area contributed by atoms with Crippen LogP contribution in [0.5, 0.6) is 5.75 Å². The van der Waals surface area contributed by atoms with E-state index in [2.05, 4.69) is 23.5 Å². The molecule has 120 valence electrons. The molecule has 0 fully saturated rings. The molecule has 1 atom stereocenters. The predicted molar refractivity (Wildman–Crippen MR) is 91.9 cm³/mol. The van der Waals surface area contributed by atoms with Crippen molar-refractivity contribution in [1.82, 2.24) is 5.32 Å². The van der Waals surface area contributed by atoms with Crippen LogP contribution in [0.1, 0.15) is 52.9 Å². The van der Waals surface area contributed by atoms with Crippen molar-refractivity contribution in [2.24, 2.45) is 0 Å². The first-order chi connectivity index (χ1) is 11.2. The van der Waals surface area contributed by atoms with Crippen LogP contribution in [-0.2, 0) is 6.42 Å². The molecule has 0 aromatic heterocycles. The van der Waals surface area contributed by atoms with Gasteiger partial charge in [0.15, 0.2) is 0 Å². The normalized spacial score (nSPS) is 16.5. The molecular weight excluding hydrogens is 286 g/mol. The number of aryl methyl sites for hydroxylation is 2. The summed E-state index contributed by atoms with van der Waals surface area (Å²) in [7, 11) is 0. The number of carbonyl (C=O) groups excluding carboxylic acids is 1. The topological polar surface area (TPSA) is 38.3 Å². The molecule has 0 heterocycles. The minimum Gasteiger partial charge on any atom is -0.494 e. The van der Waals surface area contributed by atoms with Crippen LogP contribution in [-0.4, -0.2) is 12.5 Å². The summed E-state index contributed by atoms with van der Waals surface area (Å²) in [6, 6.07) is 14.1. The Morgan fingerprint density at radius 2 is 2.09 bits per heavy atom. The lowest BCUT2D eigenvalue weighted by Gasteiger charge is -2.26. The van der Waals surface area contributed by atoms with Gasteiger partial charge in [-0.15, -0.1) is 0 Å². The Morgan fingerprint density at radius 3 is 2.87 bits per heavy atom. The van der Waals surface area contributed by atoms with E-state index in [9.17, 15) is 4.79 Å². The van der Waals surface area contributed by atoms with Crippen molar-refractivity contribution in [3.05, 3.63) is 64.7 Å². The van der Waals surface area contributed by atoms with E-state index in [1.165, 1.54) is 11.1 Å². The fourth-order valence-electron chi connectivity index (χ4n) is 3.25. The molecule has 0 spiro atoms. The first-order valence-electron chi connectivity index (χ1n) is 8.31. The van der Waals surface area contributed by atoms with E-state index in [1.807, 2.05) is 38.1 Å². The minimum atomic E-state index is -0.0159. The maximum atomic E-state index is 12.6. The number of hydrogen-bond acceptors (Lipinski definition) is 2. The summed E-state index contributed by atoms with van der Waals surface area (Å²) in [5.74, 6) is 0.824. The number of nitrogens with one attached hydrogen (secondary N) is 1. The fraction of sp³-hybridized carbons (Fsp3) is 0.350. The second-order valence-electron chi connectivity index (χ2n) is 6.03. The molecule has 0 saturated carbocycles. The number of hydrogen-bond donors (Lipinski definition) is 1. The predicted octanol–water partition coefficient (Wildman–Crippen LogP) is 4.20. The van der Waals surface area contributed by atoms with E-state index in [4.69, 9.17) is 4.74 Å². The van der Waals surface area contributed by atoms with Gasteiger partial charge in [0.05, 0.1) is 12.6 Å². The number of benzene rings is 2. The Hall–Kier alpha value is -2.29. The second kappa shape index (κ2) is 6.86. The third-order valence-electron chi connectivity index (χ3n) is 4.41. The van der Waals surface area contributed by atoms with Crippen LogP contribution in [0.2, 0.25) is 0 Å². The molecule has 0 aliphatic heterocycles. The highest BCUT2D eigenvalue weighted by molar-refractivity contribution is 5.94. The molecule has 0 bridgehead atoms. The largest absolute Gasteiger partial charge is 0.494 e. The van der Waals surface area contributed by atoms with Gasteiger partial charge in [-0.05, 0) is 68.0 Å². The summed E-state index contributed by atoms with van der Waals surface area (Å²) < 4.78 is 5.54. The van der Waals surface area contributed by atoms with E-state index in [0.717, 1.165) is 30.6 Å². The van der Waals surface area contributed by atoms with Gasteiger partial charge in [0.2, 0.25) is 0 Å². The zero-order chi connectivity index (χ0) is 16.2. The highest BCUT2D eigenvalue weighted by Crippen LogP contribution is 2.30. The summed E-state index contributed by atoms with van der Waals surface area (Å²) in [6.45, 7) is 4.56. The molecule has 1 unspecified atom stereocenters. The second-order valence-corrected chi connectivity index (χ2v) is 6.03. The molecule has 2 aromatic rings. The molecule has 2 aromatic carbocycles. The summed E-state index contributed by atoms with van der Waals surface area (Å²) in [5.41, 5.74) is 4.29. The molecule has 0 radical (unpaired) electrons. The molecule has 3 nitrogen and oxygen atoms in total. The molecule has 1 aliphatic rings. The number of fused-ring (bicyclic) bond motifs is 1. The zero-order valence-electron chi connectivity index (χ0n) is 13.8. The quantitative estimate of drug-likeness (QED) is 0.919. The SMILES string of the molecule is CCOc1ccc(C(=O)NC2CCCc3ccccc32)cc1C. The van der Waals surface area contributed by atoms with E-state index in [0.29, 0.717) is 12.2 Å². The first kappa shape index (κ1) is 15.6. The lowest BCUT2D eigenvalue weighted by Crippen LogP contribution is -2.31. The van der Waals surface area contributed by atoms with Gasteiger partial charge in [0, 0.05) is 5.56 Å². The molecular formula is C20H23NO2. The van der Waals surface area contributed by atoms with Crippen LogP contribution in [0, 0.1) is 6.92 Å². The summed E-state index contributed by atoms with van der Waals surface area (Å²) in [6.07, 6.45) is 3.22. The lowest BCUT2D eigenvalue weighted by molar-refractivity contribution is 0.0932. The lowest BCUT2D eigenvalue weighted by atomic mass is 9.87. The molecule has 3 rings (SSSR count). The third kappa shape index (κ3) is 3.39. The van der Waals surface area contributed by atoms with E-state index in [1.54, 1.807) is 0 Å². The van der Waals surface area contributed by atoms with Crippen LogP contribution in [0.3, 0.4) is 0 Å². The van der Waals surface area contributed by atoms with E-state index in [-0.39, 0.29) is 11.9 Å². The smallest absolute Gasteiger partial charge is 0.251 e. The summed E-state index contributed by atoms with van der Waals surface area (Å²) >= 11 is 0. The number of ether oxygens (including phenoxy) is 1. The highest BCUT2D eigenvalue weighted by Gasteiger charge is 2.22.